The summed E-state index contributed by atoms with van der Waals surface area (Å²) in [6.07, 6.45) is 5.17. The van der Waals surface area contributed by atoms with E-state index in [9.17, 15) is 4.79 Å². The fourth-order valence-corrected chi connectivity index (χ4v) is 4.36. The second-order valence-corrected chi connectivity index (χ2v) is 8.57. The van der Waals surface area contributed by atoms with Crippen LogP contribution in [0.15, 0.2) is 11.0 Å². The molecule has 0 aromatic carbocycles. The van der Waals surface area contributed by atoms with Crippen LogP contribution in [-0.2, 0) is 5.54 Å². The van der Waals surface area contributed by atoms with Crippen molar-refractivity contribution in [1.29, 1.82) is 0 Å². The molecule has 2 N–H and O–H groups in total. The molecule has 0 bridgehead atoms. The van der Waals surface area contributed by atoms with Crippen molar-refractivity contribution in [3.63, 3.8) is 0 Å². The van der Waals surface area contributed by atoms with Crippen molar-refractivity contribution in [3.8, 4) is 0 Å². The summed E-state index contributed by atoms with van der Waals surface area (Å²) in [5.41, 5.74) is 0.292. The number of thioether (sulfide) groups is 1. The Labute approximate surface area is 140 Å². The summed E-state index contributed by atoms with van der Waals surface area (Å²) in [5, 5.41) is 8.93. The number of fused-ring (bicyclic) bond motifs is 1. The molecule has 2 atom stereocenters. The molecule has 0 amide bonds. The van der Waals surface area contributed by atoms with Gasteiger partial charge in [-0.15, -0.1) is 0 Å². The van der Waals surface area contributed by atoms with Gasteiger partial charge in [-0.05, 0) is 39.4 Å². The molecule has 126 valence electrons. The van der Waals surface area contributed by atoms with E-state index in [1.165, 1.54) is 12.8 Å². The molecule has 3 rings (SSSR count). The number of hydrogen-bond donors (Lipinski definition) is 2. The van der Waals surface area contributed by atoms with Crippen LogP contribution in [0, 0.1) is 0 Å². The predicted molar refractivity (Wildman–Crippen MR) is 96.3 cm³/mol. The van der Waals surface area contributed by atoms with Gasteiger partial charge in [0, 0.05) is 11.3 Å². The minimum atomic E-state index is -0.215. The van der Waals surface area contributed by atoms with Crippen LogP contribution in [0.1, 0.15) is 47.0 Å². The van der Waals surface area contributed by atoms with Crippen LogP contribution >= 0.6 is 11.8 Å². The summed E-state index contributed by atoms with van der Waals surface area (Å²) < 4.78 is 1.82. The molecule has 6 nitrogen and oxygen atoms in total. The van der Waals surface area contributed by atoms with Gasteiger partial charge in [-0.1, -0.05) is 13.3 Å². The molecule has 2 heterocycles. The number of aromatic nitrogens is 4. The highest BCUT2D eigenvalue weighted by molar-refractivity contribution is 7.99. The quantitative estimate of drug-likeness (QED) is 0.898. The van der Waals surface area contributed by atoms with Gasteiger partial charge < -0.3 is 5.32 Å². The number of H-pyrrole nitrogens is 1. The van der Waals surface area contributed by atoms with Crippen molar-refractivity contribution < 1.29 is 0 Å². The summed E-state index contributed by atoms with van der Waals surface area (Å²) >= 11 is 1.98. The van der Waals surface area contributed by atoms with Gasteiger partial charge in [-0.3, -0.25) is 9.78 Å². The number of anilines is 1. The van der Waals surface area contributed by atoms with E-state index in [1.54, 1.807) is 6.20 Å². The van der Waals surface area contributed by atoms with Crippen molar-refractivity contribution in [2.45, 2.75) is 63.8 Å². The summed E-state index contributed by atoms with van der Waals surface area (Å²) in [7, 11) is 0. The minimum absolute atomic E-state index is 0.134. The first-order chi connectivity index (χ1) is 10.9. The molecule has 1 saturated carbocycles. The van der Waals surface area contributed by atoms with Gasteiger partial charge >= 0.3 is 0 Å². The number of nitrogens with one attached hydrogen (secondary N) is 2. The van der Waals surface area contributed by atoms with Crippen molar-refractivity contribution in [2.24, 2.45) is 0 Å². The van der Waals surface area contributed by atoms with E-state index in [1.807, 2.05) is 16.4 Å². The lowest BCUT2D eigenvalue weighted by atomic mass is 10.1. The molecule has 2 aromatic heterocycles. The van der Waals surface area contributed by atoms with Gasteiger partial charge in [0.1, 0.15) is 5.39 Å². The third-order valence-corrected chi connectivity index (χ3v) is 5.55. The summed E-state index contributed by atoms with van der Waals surface area (Å²) in [6.45, 7) is 8.36. The number of hydrogen-bond acceptors (Lipinski definition) is 5. The zero-order valence-electron chi connectivity index (χ0n) is 14.2. The SMILES string of the molecule is CCS[C@@H]1CCC[C@@H]1Nc1nc2c(cnn2C(C)(C)C)c(=O)[nH]1. The zero-order chi connectivity index (χ0) is 16.6. The molecular formula is C16H25N5OS. The molecule has 0 aliphatic heterocycles. The number of rotatable bonds is 4. The number of aromatic amines is 1. The molecule has 0 radical (unpaired) electrons. The van der Waals surface area contributed by atoms with Crippen molar-refractivity contribution in [2.75, 3.05) is 11.1 Å². The third kappa shape index (κ3) is 3.24. The predicted octanol–water partition coefficient (Wildman–Crippen LogP) is 2.96. The normalized spacial score (nSPS) is 21.9. The maximum Gasteiger partial charge on any atom is 0.263 e. The second-order valence-electron chi connectivity index (χ2n) is 7.05. The third-order valence-electron chi connectivity index (χ3n) is 4.23. The average molecular weight is 335 g/mol. The molecule has 0 saturated heterocycles. The molecular weight excluding hydrogens is 310 g/mol. The molecule has 1 aliphatic rings. The monoisotopic (exact) mass is 335 g/mol. The van der Waals surface area contributed by atoms with Gasteiger partial charge in [-0.2, -0.15) is 21.8 Å². The van der Waals surface area contributed by atoms with E-state index in [0.29, 0.717) is 28.3 Å². The molecule has 0 unspecified atom stereocenters. The van der Waals surface area contributed by atoms with E-state index in [2.05, 4.69) is 48.1 Å². The largest absolute Gasteiger partial charge is 0.352 e. The molecule has 1 fully saturated rings. The van der Waals surface area contributed by atoms with E-state index < -0.39 is 0 Å². The van der Waals surface area contributed by atoms with E-state index in [-0.39, 0.29) is 11.1 Å². The summed E-state index contributed by atoms with van der Waals surface area (Å²) in [4.78, 5) is 19.8. The van der Waals surface area contributed by atoms with Crippen LogP contribution in [0.3, 0.4) is 0 Å². The average Bonchev–Trinajstić information content (AvgIpc) is 3.06. The molecule has 0 spiro atoms. The van der Waals surface area contributed by atoms with E-state index in [4.69, 9.17) is 0 Å². The van der Waals surface area contributed by atoms with Crippen LogP contribution in [0.2, 0.25) is 0 Å². The first-order valence-electron chi connectivity index (χ1n) is 8.27. The topological polar surface area (TPSA) is 75.6 Å². The Bertz CT molecular complexity index is 745. The molecule has 2 aromatic rings. The van der Waals surface area contributed by atoms with Gasteiger partial charge in [-0.25, -0.2) is 4.68 Å². The maximum absolute atomic E-state index is 12.3. The van der Waals surface area contributed by atoms with E-state index in [0.717, 1.165) is 12.2 Å². The smallest absolute Gasteiger partial charge is 0.263 e. The summed E-state index contributed by atoms with van der Waals surface area (Å²) in [5.74, 6) is 1.67. The first kappa shape index (κ1) is 16.4. The Hall–Kier alpha value is -1.50. The van der Waals surface area contributed by atoms with Crippen LogP contribution in [0.5, 0.6) is 0 Å². The fraction of sp³-hybridized carbons (Fsp3) is 0.688. The first-order valence-corrected chi connectivity index (χ1v) is 9.31. The zero-order valence-corrected chi connectivity index (χ0v) is 15.0. The van der Waals surface area contributed by atoms with E-state index >= 15 is 0 Å². The fourth-order valence-electron chi connectivity index (χ4n) is 3.16. The minimum Gasteiger partial charge on any atom is -0.352 e. The Morgan fingerprint density at radius 1 is 1.43 bits per heavy atom. The van der Waals surface area contributed by atoms with Crippen LogP contribution < -0.4 is 10.9 Å². The number of nitrogens with zero attached hydrogens (tertiary/aromatic N) is 3. The lowest BCUT2D eigenvalue weighted by molar-refractivity contribution is 0.366. The van der Waals surface area contributed by atoms with Crippen LogP contribution in [0.25, 0.3) is 11.0 Å². The van der Waals surface area contributed by atoms with Gasteiger partial charge in [0.05, 0.1) is 11.7 Å². The van der Waals surface area contributed by atoms with Crippen LogP contribution in [0.4, 0.5) is 5.95 Å². The standard InChI is InChI=1S/C16H25N5OS/c1-5-23-12-8-6-7-11(12)18-15-19-13-10(14(22)20-15)9-17-21(13)16(2,3)4/h9,11-12H,5-8H2,1-4H3,(H2,18,19,20,22)/t11-,12+/m0/s1. The lowest BCUT2D eigenvalue weighted by Gasteiger charge is -2.22. The highest BCUT2D eigenvalue weighted by Crippen LogP contribution is 2.31. The van der Waals surface area contributed by atoms with Crippen LogP contribution in [-0.4, -0.2) is 36.8 Å². The van der Waals surface area contributed by atoms with Gasteiger partial charge in [0.2, 0.25) is 5.95 Å². The highest BCUT2D eigenvalue weighted by atomic mass is 32.2. The Balaban J connectivity index is 1.94. The van der Waals surface area contributed by atoms with Crippen molar-refractivity contribution in [3.05, 3.63) is 16.6 Å². The van der Waals surface area contributed by atoms with Crippen molar-refractivity contribution >= 4 is 28.7 Å². The Morgan fingerprint density at radius 2 is 2.22 bits per heavy atom. The maximum atomic E-state index is 12.3. The molecule has 7 heteroatoms. The molecule has 1 aliphatic carbocycles. The van der Waals surface area contributed by atoms with Gasteiger partial charge in [0.25, 0.3) is 5.56 Å². The second kappa shape index (κ2) is 6.19. The molecule has 23 heavy (non-hydrogen) atoms. The Morgan fingerprint density at radius 3 is 2.91 bits per heavy atom. The highest BCUT2D eigenvalue weighted by Gasteiger charge is 2.28. The van der Waals surface area contributed by atoms with Crippen molar-refractivity contribution in [1.82, 2.24) is 19.7 Å². The Kier molecular flexibility index (Phi) is 4.40. The summed E-state index contributed by atoms with van der Waals surface area (Å²) in [6, 6.07) is 0.367. The lowest BCUT2D eigenvalue weighted by Crippen LogP contribution is -2.29. The van der Waals surface area contributed by atoms with Gasteiger partial charge in [0.15, 0.2) is 5.65 Å².